The van der Waals surface area contributed by atoms with Gasteiger partial charge in [-0.2, -0.15) is 5.26 Å². The van der Waals surface area contributed by atoms with Crippen molar-refractivity contribution < 1.29 is 4.79 Å². The minimum absolute atomic E-state index is 0.0149. The van der Waals surface area contributed by atoms with Gasteiger partial charge in [-0.3, -0.25) is 4.79 Å². The number of rotatable bonds is 7. The van der Waals surface area contributed by atoms with Gasteiger partial charge in [0.05, 0.1) is 18.7 Å². The Balaban J connectivity index is 1.65. The van der Waals surface area contributed by atoms with Crippen molar-refractivity contribution in [3.8, 4) is 17.5 Å². The molecule has 1 aliphatic rings. The van der Waals surface area contributed by atoms with Gasteiger partial charge < -0.3 is 10.6 Å². The van der Waals surface area contributed by atoms with E-state index in [0.717, 1.165) is 29.9 Å². The number of anilines is 1. The monoisotopic (exact) mass is 353 g/mol. The smallest absolute Gasteiger partial charge is 0.240 e. The third-order valence-corrected chi connectivity index (χ3v) is 4.75. The minimum Gasteiger partial charge on any atom is -0.376 e. The summed E-state index contributed by atoms with van der Waals surface area (Å²) in [6.07, 6.45) is 2.20. The molecule has 0 spiro atoms. The minimum atomic E-state index is -0.882. The lowest BCUT2D eigenvalue weighted by atomic mass is 9.90. The fourth-order valence-corrected chi connectivity index (χ4v) is 2.53. The predicted molar refractivity (Wildman–Crippen MR) is 97.0 cm³/mol. The molecule has 1 aliphatic carbocycles. The first-order valence-corrected chi connectivity index (χ1v) is 8.77. The molecule has 1 unspecified atom stereocenters. The Morgan fingerprint density at radius 1 is 1.46 bits per heavy atom. The second kappa shape index (κ2) is 7.12. The van der Waals surface area contributed by atoms with E-state index in [0.29, 0.717) is 6.04 Å². The normalized spacial score (nSPS) is 16.0. The molecule has 136 valence electrons. The molecule has 26 heavy (non-hydrogen) atoms. The van der Waals surface area contributed by atoms with Gasteiger partial charge in [0.15, 0.2) is 5.82 Å². The summed E-state index contributed by atoms with van der Waals surface area (Å²) in [5, 5.41) is 27.2. The molecule has 3 rings (SSSR count). The molecular weight excluding hydrogens is 330 g/mol. The standard InChI is InChI=1S/C18H23N7O/c1-12(2)18(3,11-19)21-16(26)10-20-14-6-4-5-13(9-14)17-22-23-24-25(17)15-7-8-15/h4-6,9,12,15,20H,7-8,10H2,1-3H3,(H,21,26). The zero-order valence-corrected chi connectivity index (χ0v) is 15.2. The van der Waals surface area contributed by atoms with Crippen LogP contribution in [-0.4, -0.2) is 38.2 Å². The largest absolute Gasteiger partial charge is 0.376 e. The molecule has 1 atom stereocenters. The van der Waals surface area contributed by atoms with Gasteiger partial charge in [0.2, 0.25) is 5.91 Å². The van der Waals surface area contributed by atoms with Crippen LogP contribution >= 0.6 is 0 Å². The molecule has 2 N–H and O–H groups in total. The van der Waals surface area contributed by atoms with Crippen molar-refractivity contribution in [2.45, 2.75) is 45.2 Å². The van der Waals surface area contributed by atoms with E-state index in [9.17, 15) is 10.1 Å². The summed E-state index contributed by atoms with van der Waals surface area (Å²) in [5.74, 6) is 0.523. The number of nitrogens with one attached hydrogen (secondary N) is 2. The third kappa shape index (κ3) is 3.82. The van der Waals surface area contributed by atoms with Gasteiger partial charge in [-0.1, -0.05) is 26.0 Å². The highest BCUT2D eigenvalue weighted by molar-refractivity contribution is 5.82. The topological polar surface area (TPSA) is 109 Å². The molecular formula is C18H23N7O. The molecule has 1 saturated carbocycles. The molecule has 8 heteroatoms. The molecule has 1 aromatic carbocycles. The highest BCUT2D eigenvalue weighted by Gasteiger charge is 2.30. The van der Waals surface area contributed by atoms with Crippen LogP contribution in [0, 0.1) is 17.2 Å². The number of carbonyl (C=O) groups excluding carboxylic acids is 1. The van der Waals surface area contributed by atoms with Gasteiger partial charge >= 0.3 is 0 Å². The first kappa shape index (κ1) is 17.9. The summed E-state index contributed by atoms with van der Waals surface area (Å²) in [7, 11) is 0. The number of amides is 1. The highest BCUT2D eigenvalue weighted by Crippen LogP contribution is 2.36. The van der Waals surface area contributed by atoms with Gasteiger partial charge in [0, 0.05) is 11.3 Å². The van der Waals surface area contributed by atoms with Gasteiger partial charge in [0.25, 0.3) is 0 Å². The van der Waals surface area contributed by atoms with Gasteiger partial charge in [-0.15, -0.1) is 5.10 Å². The number of carbonyl (C=O) groups is 1. The molecule has 0 bridgehead atoms. The van der Waals surface area contributed by atoms with Crippen molar-refractivity contribution in [3.63, 3.8) is 0 Å². The van der Waals surface area contributed by atoms with Crippen molar-refractivity contribution >= 4 is 11.6 Å². The number of aromatic nitrogens is 4. The van der Waals surface area contributed by atoms with E-state index in [1.165, 1.54) is 0 Å². The van der Waals surface area contributed by atoms with Crippen LogP contribution in [0.5, 0.6) is 0 Å². The van der Waals surface area contributed by atoms with Crippen LogP contribution in [0.15, 0.2) is 24.3 Å². The molecule has 1 heterocycles. The number of tetrazole rings is 1. The van der Waals surface area contributed by atoms with E-state index >= 15 is 0 Å². The number of nitrogens with zero attached hydrogens (tertiary/aromatic N) is 5. The van der Waals surface area contributed by atoms with Crippen LogP contribution < -0.4 is 10.6 Å². The fourth-order valence-electron chi connectivity index (χ4n) is 2.53. The van der Waals surface area contributed by atoms with Crippen molar-refractivity contribution in [2.75, 3.05) is 11.9 Å². The van der Waals surface area contributed by atoms with Crippen LogP contribution in [0.25, 0.3) is 11.4 Å². The summed E-state index contributed by atoms with van der Waals surface area (Å²) >= 11 is 0. The summed E-state index contributed by atoms with van der Waals surface area (Å²) in [5.41, 5.74) is 0.815. The average molecular weight is 353 g/mol. The zero-order chi connectivity index (χ0) is 18.7. The van der Waals surface area contributed by atoms with Crippen LogP contribution in [-0.2, 0) is 4.79 Å². The maximum absolute atomic E-state index is 12.2. The summed E-state index contributed by atoms with van der Waals surface area (Å²) in [6, 6.07) is 10.2. The Morgan fingerprint density at radius 3 is 2.88 bits per heavy atom. The lowest BCUT2D eigenvalue weighted by molar-refractivity contribution is -0.121. The molecule has 0 saturated heterocycles. The Hall–Kier alpha value is -2.95. The van der Waals surface area contributed by atoms with E-state index in [1.54, 1.807) is 6.92 Å². The second-order valence-electron chi connectivity index (χ2n) is 7.13. The van der Waals surface area contributed by atoms with E-state index in [4.69, 9.17) is 0 Å². The van der Waals surface area contributed by atoms with Crippen LogP contribution in [0.4, 0.5) is 5.69 Å². The van der Waals surface area contributed by atoms with Crippen molar-refractivity contribution in [1.82, 2.24) is 25.5 Å². The highest BCUT2D eigenvalue weighted by atomic mass is 16.2. The molecule has 1 aromatic heterocycles. The van der Waals surface area contributed by atoms with Crippen molar-refractivity contribution in [1.29, 1.82) is 5.26 Å². The quantitative estimate of drug-likeness (QED) is 0.789. The zero-order valence-electron chi connectivity index (χ0n) is 15.2. The Morgan fingerprint density at radius 2 is 2.23 bits per heavy atom. The molecule has 2 aromatic rings. The molecule has 1 amide bonds. The third-order valence-electron chi connectivity index (χ3n) is 4.75. The van der Waals surface area contributed by atoms with Gasteiger partial charge in [-0.05, 0) is 48.2 Å². The summed E-state index contributed by atoms with van der Waals surface area (Å²) in [4.78, 5) is 12.2. The van der Waals surface area contributed by atoms with E-state index in [-0.39, 0.29) is 18.4 Å². The van der Waals surface area contributed by atoms with Crippen molar-refractivity contribution in [2.24, 2.45) is 5.92 Å². The number of nitriles is 1. The van der Waals surface area contributed by atoms with Gasteiger partial charge in [0.1, 0.15) is 5.54 Å². The molecule has 0 aliphatic heterocycles. The predicted octanol–water partition coefficient (Wildman–Crippen LogP) is 2.14. The second-order valence-corrected chi connectivity index (χ2v) is 7.13. The maximum Gasteiger partial charge on any atom is 0.240 e. The molecule has 1 fully saturated rings. The lowest BCUT2D eigenvalue weighted by Crippen LogP contribution is -2.50. The van der Waals surface area contributed by atoms with Crippen LogP contribution in [0.1, 0.15) is 39.7 Å². The van der Waals surface area contributed by atoms with E-state index in [2.05, 4.69) is 32.2 Å². The summed E-state index contributed by atoms with van der Waals surface area (Å²) in [6.45, 7) is 5.63. The van der Waals surface area contributed by atoms with Crippen LogP contribution in [0.2, 0.25) is 0 Å². The summed E-state index contributed by atoms with van der Waals surface area (Å²) < 4.78 is 1.85. The number of hydrogen-bond donors (Lipinski definition) is 2. The first-order valence-electron chi connectivity index (χ1n) is 8.77. The van der Waals surface area contributed by atoms with Crippen molar-refractivity contribution in [3.05, 3.63) is 24.3 Å². The Labute approximate surface area is 152 Å². The van der Waals surface area contributed by atoms with Gasteiger partial charge in [-0.25, -0.2) is 4.68 Å². The fraction of sp³-hybridized carbons (Fsp3) is 0.500. The first-order chi connectivity index (χ1) is 12.4. The number of hydrogen-bond acceptors (Lipinski definition) is 6. The number of benzene rings is 1. The maximum atomic E-state index is 12.2. The Bertz CT molecular complexity index is 834. The lowest BCUT2D eigenvalue weighted by Gasteiger charge is -2.27. The SMILES string of the molecule is CC(C)C(C)(C#N)NC(=O)CNc1cccc(-c2nnnn2C2CC2)c1. The average Bonchev–Trinajstić information content (AvgIpc) is 3.36. The van der Waals surface area contributed by atoms with Crippen LogP contribution in [0.3, 0.4) is 0 Å². The molecule has 8 nitrogen and oxygen atoms in total. The van der Waals surface area contributed by atoms with E-state index in [1.807, 2.05) is 42.8 Å². The molecule has 0 radical (unpaired) electrons. The van der Waals surface area contributed by atoms with E-state index < -0.39 is 5.54 Å². The Kier molecular flexibility index (Phi) is 4.89.